The number of amides is 1. The zero-order valence-electron chi connectivity index (χ0n) is 9.32. The molecule has 0 radical (unpaired) electrons. The van der Waals surface area contributed by atoms with E-state index in [-0.39, 0.29) is 5.91 Å². The average Bonchev–Trinajstić information content (AvgIpc) is 2.18. The molecule has 1 atom stereocenters. The van der Waals surface area contributed by atoms with Crippen LogP contribution in [-0.4, -0.2) is 24.5 Å². The maximum atomic E-state index is 11.2. The Kier molecular flexibility index (Phi) is 6.97. The summed E-state index contributed by atoms with van der Waals surface area (Å²) in [6.07, 6.45) is 6.50. The van der Waals surface area contributed by atoms with Crippen molar-refractivity contribution < 1.29 is 14.3 Å². The molecule has 1 N–H and O–H groups in total. The second kappa shape index (κ2) is 7.79. The Bertz CT molecular complexity index is 269. The van der Waals surface area contributed by atoms with E-state index in [1.165, 1.54) is 6.08 Å². The SMILES string of the molecule is C/C=C/C=C/C(=O)NC(C)C(=O)OCC. The summed E-state index contributed by atoms with van der Waals surface area (Å²) >= 11 is 0. The molecule has 15 heavy (non-hydrogen) atoms. The van der Waals surface area contributed by atoms with Crippen molar-refractivity contribution in [1.29, 1.82) is 0 Å². The molecular weight excluding hydrogens is 194 g/mol. The highest BCUT2D eigenvalue weighted by Crippen LogP contribution is 1.88. The lowest BCUT2D eigenvalue weighted by Gasteiger charge is -2.10. The molecule has 0 fully saturated rings. The van der Waals surface area contributed by atoms with Gasteiger partial charge in [0.2, 0.25) is 5.91 Å². The fraction of sp³-hybridized carbons (Fsp3) is 0.455. The molecule has 0 aliphatic heterocycles. The van der Waals surface area contributed by atoms with Crippen LogP contribution in [0.1, 0.15) is 20.8 Å². The normalized spacial score (nSPS) is 13.0. The van der Waals surface area contributed by atoms with Gasteiger partial charge >= 0.3 is 5.97 Å². The van der Waals surface area contributed by atoms with Gasteiger partial charge in [0, 0.05) is 6.08 Å². The van der Waals surface area contributed by atoms with Crippen molar-refractivity contribution in [1.82, 2.24) is 5.32 Å². The van der Waals surface area contributed by atoms with Crippen LogP contribution in [0.4, 0.5) is 0 Å². The van der Waals surface area contributed by atoms with Crippen LogP contribution in [0.3, 0.4) is 0 Å². The summed E-state index contributed by atoms with van der Waals surface area (Å²) in [5.74, 6) is -0.737. The molecule has 1 unspecified atom stereocenters. The first-order valence-electron chi connectivity index (χ1n) is 4.88. The first kappa shape index (κ1) is 13.4. The minimum absolute atomic E-state index is 0.311. The Morgan fingerprint density at radius 3 is 2.60 bits per heavy atom. The third-order valence-corrected chi connectivity index (χ3v) is 1.55. The molecule has 0 saturated heterocycles. The van der Waals surface area contributed by atoms with Gasteiger partial charge in [0.05, 0.1) is 6.61 Å². The molecule has 0 bridgehead atoms. The summed E-state index contributed by atoms with van der Waals surface area (Å²) in [5, 5.41) is 2.49. The zero-order valence-corrected chi connectivity index (χ0v) is 9.32. The number of ether oxygens (including phenoxy) is 1. The van der Waals surface area contributed by atoms with Gasteiger partial charge in [-0.1, -0.05) is 18.2 Å². The van der Waals surface area contributed by atoms with Crippen molar-refractivity contribution >= 4 is 11.9 Å². The van der Waals surface area contributed by atoms with Gasteiger partial charge in [0.1, 0.15) is 6.04 Å². The van der Waals surface area contributed by atoms with E-state index >= 15 is 0 Å². The Morgan fingerprint density at radius 2 is 2.07 bits per heavy atom. The largest absolute Gasteiger partial charge is 0.464 e. The zero-order chi connectivity index (χ0) is 11.7. The van der Waals surface area contributed by atoms with E-state index in [1.54, 1.807) is 32.1 Å². The highest BCUT2D eigenvalue weighted by Gasteiger charge is 2.14. The van der Waals surface area contributed by atoms with E-state index in [1.807, 2.05) is 6.92 Å². The minimum Gasteiger partial charge on any atom is -0.464 e. The van der Waals surface area contributed by atoms with Gasteiger partial charge in [0.25, 0.3) is 0 Å². The lowest BCUT2D eigenvalue weighted by Crippen LogP contribution is -2.38. The van der Waals surface area contributed by atoms with Crippen LogP contribution in [0.5, 0.6) is 0 Å². The summed E-state index contributed by atoms with van der Waals surface area (Å²) in [4.78, 5) is 22.3. The van der Waals surface area contributed by atoms with E-state index in [0.717, 1.165) is 0 Å². The van der Waals surface area contributed by atoms with Crippen molar-refractivity contribution in [3.63, 3.8) is 0 Å². The molecule has 84 valence electrons. The molecule has 0 aromatic carbocycles. The van der Waals surface area contributed by atoms with Gasteiger partial charge in [-0.05, 0) is 20.8 Å². The molecule has 1 amide bonds. The Balaban J connectivity index is 4.01. The smallest absolute Gasteiger partial charge is 0.328 e. The van der Waals surface area contributed by atoms with Crippen molar-refractivity contribution in [2.24, 2.45) is 0 Å². The molecule has 0 aromatic heterocycles. The van der Waals surface area contributed by atoms with Gasteiger partial charge in [-0.15, -0.1) is 0 Å². The molecule has 0 aliphatic carbocycles. The van der Waals surface area contributed by atoms with Crippen LogP contribution in [0.25, 0.3) is 0 Å². The molecule has 4 nitrogen and oxygen atoms in total. The number of hydrogen-bond acceptors (Lipinski definition) is 3. The van der Waals surface area contributed by atoms with E-state index in [2.05, 4.69) is 5.32 Å². The highest BCUT2D eigenvalue weighted by molar-refractivity contribution is 5.91. The Labute approximate surface area is 90.0 Å². The lowest BCUT2D eigenvalue weighted by molar-refractivity contribution is -0.146. The first-order chi connectivity index (χ1) is 7.11. The molecule has 0 aromatic rings. The molecule has 0 heterocycles. The van der Waals surface area contributed by atoms with Crippen LogP contribution >= 0.6 is 0 Å². The summed E-state index contributed by atoms with van der Waals surface area (Å²) in [5.41, 5.74) is 0. The number of carbonyl (C=O) groups is 2. The minimum atomic E-state index is -0.618. The van der Waals surface area contributed by atoms with Crippen molar-refractivity contribution in [2.45, 2.75) is 26.8 Å². The fourth-order valence-corrected chi connectivity index (χ4v) is 0.842. The van der Waals surface area contributed by atoms with Crippen LogP contribution in [0.15, 0.2) is 24.3 Å². The first-order valence-corrected chi connectivity index (χ1v) is 4.88. The van der Waals surface area contributed by atoms with E-state index in [9.17, 15) is 9.59 Å². The Hall–Kier alpha value is -1.58. The molecular formula is C11H17NO3. The quantitative estimate of drug-likeness (QED) is 0.422. The van der Waals surface area contributed by atoms with E-state index < -0.39 is 12.0 Å². The van der Waals surface area contributed by atoms with Crippen molar-refractivity contribution in [3.05, 3.63) is 24.3 Å². The van der Waals surface area contributed by atoms with Crippen LogP contribution in [0, 0.1) is 0 Å². The summed E-state index contributed by atoms with van der Waals surface area (Å²) in [6, 6.07) is -0.618. The molecule has 0 rings (SSSR count). The van der Waals surface area contributed by atoms with Gasteiger partial charge in [0.15, 0.2) is 0 Å². The highest BCUT2D eigenvalue weighted by atomic mass is 16.5. The maximum absolute atomic E-state index is 11.2. The number of allylic oxidation sites excluding steroid dienone is 3. The number of rotatable bonds is 5. The van der Waals surface area contributed by atoms with Gasteiger partial charge in [-0.25, -0.2) is 4.79 Å². The number of esters is 1. The standard InChI is InChI=1S/C11H17NO3/c1-4-6-7-8-10(13)12-9(3)11(14)15-5-2/h4,6-9H,5H2,1-3H3,(H,12,13)/b6-4+,8-7+. The second-order valence-corrected chi connectivity index (χ2v) is 2.87. The summed E-state index contributed by atoms with van der Waals surface area (Å²) in [7, 11) is 0. The number of nitrogens with one attached hydrogen (secondary N) is 1. The predicted octanol–water partition coefficient (Wildman–Crippen LogP) is 1.19. The van der Waals surface area contributed by atoms with Crippen LogP contribution in [0.2, 0.25) is 0 Å². The van der Waals surface area contributed by atoms with E-state index in [4.69, 9.17) is 4.74 Å². The average molecular weight is 211 g/mol. The maximum Gasteiger partial charge on any atom is 0.328 e. The topological polar surface area (TPSA) is 55.4 Å². The summed E-state index contributed by atoms with van der Waals surface area (Å²) < 4.78 is 4.74. The second-order valence-electron chi connectivity index (χ2n) is 2.87. The predicted molar refractivity (Wildman–Crippen MR) is 58.2 cm³/mol. The van der Waals surface area contributed by atoms with Crippen LogP contribution < -0.4 is 5.32 Å². The van der Waals surface area contributed by atoms with Gasteiger partial charge < -0.3 is 10.1 Å². The van der Waals surface area contributed by atoms with Crippen molar-refractivity contribution in [3.8, 4) is 0 Å². The molecule has 0 aliphatic rings. The van der Waals surface area contributed by atoms with Gasteiger partial charge in [-0.2, -0.15) is 0 Å². The van der Waals surface area contributed by atoms with E-state index in [0.29, 0.717) is 6.61 Å². The monoisotopic (exact) mass is 211 g/mol. The molecule has 0 saturated carbocycles. The number of carbonyl (C=O) groups excluding carboxylic acids is 2. The summed E-state index contributed by atoms with van der Waals surface area (Å²) in [6.45, 7) is 5.47. The fourth-order valence-electron chi connectivity index (χ4n) is 0.842. The lowest BCUT2D eigenvalue weighted by atomic mass is 10.3. The number of hydrogen-bond donors (Lipinski definition) is 1. The third-order valence-electron chi connectivity index (χ3n) is 1.55. The van der Waals surface area contributed by atoms with Gasteiger partial charge in [-0.3, -0.25) is 4.79 Å². The Morgan fingerprint density at radius 1 is 1.40 bits per heavy atom. The molecule has 4 heteroatoms. The van der Waals surface area contributed by atoms with Crippen LogP contribution in [-0.2, 0) is 14.3 Å². The van der Waals surface area contributed by atoms with Crippen molar-refractivity contribution in [2.75, 3.05) is 6.61 Å². The molecule has 0 spiro atoms. The third kappa shape index (κ3) is 6.49.